The van der Waals surface area contributed by atoms with Crippen molar-refractivity contribution in [2.75, 3.05) is 37.8 Å². The van der Waals surface area contributed by atoms with E-state index >= 15 is 0 Å². The molecule has 1 unspecified atom stereocenters. The number of benzene rings is 1. The molecule has 3 rings (SSSR count). The smallest absolute Gasteiger partial charge is 0.241 e. The van der Waals surface area contributed by atoms with Gasteiger partial charge in [-0.05, 0) is 44.2 Å². The molecular weight excluding hydrogens is 350 g/mol. The second kappa shape index (κ2) is 7.66. The largest absolute Gasteiger partial charge is 0.308 e. The number of carbonyl (C=O) groups is 1. The number of fused-ring (bicyclic) bond motifs is 1. The minimum Gasteiger partial charge on any atom is -0.308 e. The van der Waals surface area contributed by atoms with Crippen molar-refractivity contribution in [1.82, 2.24) is 9.21 Å². The molecule has 0 aliphatic carbocycles. The minimum atomic E-state index is -3.16. The second-order valence-corrected chi connectivity index (χ2v) is 9.61. The number of sulfonamides is 1. The molecule has 7 heteroatoms. The third-order valence-corrected chi connectivity index (χ3v) is 7.09. The lowest BCUT2D eigenvalue weighted by molar-refractivity contribution is -0.120. The van der Waals surface area contributed by atoms with E-state index in [0.29, 0.717) is 6.54 Å². The van der Waals surface area contributed by atoms with Crippen LogP contribution < -0.4 is 4.90 Å². The summed E-state index contributed by atoms with van der Waals surface area (Å²) in [7, 11) is -1.52. The lowest BCUT2D eigenvalue weighted by Crippen LogP contribution is -2.50. The first kappa shape index (κ1) is 19.3. The molecule has 1 atom stereocenters. The van der Waals surface area contributed by atoms with E-state index in [4.69, 9.17) is 0 Å². The Balaban J connectivity index is 1.62. The molecule has 2 aliphatic rings. The van der Waals surface area contributed by atoms with Gasteiger partial charge in [0.2, 0.25) is 15.9 Å². The molecule has 1 aromatic rings. The SMILES string of the molecule is CC1CCc2ccccc2N1C(=O)CN1CCC(N(C)S(C)(=O)=O)CC1. The second-order valence-electron chi connectivity index (χ2n) is 7.57. The van der Waals surface area contributed by atoms with Gasteiger partial charge < -0.3 is 4.90 Å². The number of carbonyl (C=O) groups excluding carboxylic acids is 1. The van der Waals surface area contributed by atoms with Crippen LogP contribution in [0.4, 0.5) is 5.69 Å². The number of rotatable bonds is 4. The van der Waals surface area contributed by atoms with Crippen LogP contribution in [-0.2, 0) is 21.2 Å². The Labute approximate surface area is 156 Å². The summed E-state index contributed by atoms with van der Waals surface area (Å²) in [6, 6.07) is 8.41. The molecule has 2 aliphatic heterocycles. The summed E-state index contributed by atoms with van der Waals surface area (Å²) in [6.45, 7) is 4.01. The highest BCUT2D eigenvalue weighted by atomic mass is 32.2. The maximum Gasteiger partial charge on any atom is 0.241 e. The number of piperidine rings is 1. The number of hydrogen-bond donors (Lipinski definition) is 0. The zero-order valence-corrected chi connectivity index (χ0v) is 16.7. The molecule has 26 heavy (non-hydrogen) atoms. The monoisotopic (exact) mass is 379 g/mol. The molecule has 0 N–H and O–H groups in total. The normalized spacial score (nSPS) is 22.5. The van der Waals surface area contributed by atoms with E-state index in [1.54, 1.807) is 7.05 Å². The van der Waals surface area contributed by atoms with Crippen molar-refractivity contribution >= 4 is 21.6 Å². The summed E-state index contributed by atoms with van der Waals surface area (Å²) in [5.74, 6) is 0.138. The van der Waals surface area contributed by atoms with Gasteiger partial charge in [-0.3, -0.25) is 9.69 Å². The van der Waals surface area contributed by atoms with Crippen molar-refractivity contribution in [3.8, 4) is 0 Å². The minimum absolute atomic E-state index is 0.0333. The van der Waals surface area contributed by atoms with Crippen LogP contribution in [0.15, 0.2) is 24.3 Å². The molecule has 0 saturated carbocycles. The van der Waals surface area contributed by atoms with Crippen molar-refractivity contribution < 1.29 is 13.2 Å². The average molecular weight is 380 g/mol. The molecule has 144 valence electrons. The van der Waals surface area contributed by atoms with Crippen molar-refractivity contribution in [2.24, 2.45) is 0 Å². The van der Waals surface area contributed by atoms with E-state index in [9.17, 15) is 13.2 Å². The van der Waals surface area contributed by atoms with Gasteiger partial charge in [-0.15, -0.1) is 0 Å². The molecule has 6 nitrogen and oxygen atoms in total. The van der Waals surface area contributed by atoms with Gasteiger partial charge in [-0.2, -0.15) is 0 Å². The van der Waals surface area contributed by atoms with Crippen molar-refractivity contribution in [3.63, 3.8) is 0 Å². The van der Waals surface area contributed by atoms with Crippen molar-refractivity contribution in [3.05, 3.63) is 29.8 Å². The van der Waals surface area contributed by atoms with Crippen molar-refractivity contribution in [2.45, 2.75) is 44.7 Å². The predicted molar refractivity (Wildman–Crippen MR) is 104 cm³/mol. The van der Waals surface area contributed by atoms with E-state index in [1.165, 1.54) is 16.1 Å². The topological polar surface area (TPSA) is 60.9 Å². The number of nitrogens with zero attached hydrogens (tertiary/aromatic N) is 3. The standard InChI is InChI=1S/C19H29N3O3S/c1-15-8-9-16-6-4-5-7-18(16)22(15)19(23)14-21-12-10-17(11-13-21)20(2)26(3,24)25/h4-7,15,17H,8-14H2,1-3H3. The molecule has 0 bridgehead atoms. The van der Waals surface area contributed by atoms with Crippen LogP contribution in [0.5, 0.6) is 0 Å². The van der Waals surface area contributed by atoms with Gasteiger partial charge in [-0.1, -0.05) is 18.2 Å². The number of anilines is 1. The quantitative estimate of drug-likeness (QED) is 0.799. The van der Waals surface area contributed by atoms with Crippen LogP contribution in [0.25, 0.3) is 0 Å². The Morgan fingerprint density at radius 2 is 1.85 bits per heavy atom. The number of likely N-dealkylation sites (tertiary alicyclic amines) is 1. The summed E-state index contributed by atoms with van der Waals surface area (Å²) >= 11 is 0. The van der Waals surface area contributed by atoms with Crippen LogP contribution in [-0.4, -0.2) is 68.6 Å². The van der Waals surface area contributed by atoms with E-state index < -0.39 is 10.0 Å². The first-order valence-corrected chi connectivity index (χ1v) is 11.2. The molecule has 1 fully saturated rings. The fourth-order valence-electron chi connectivity index (χ4n) is 4.05. The van der Waals surface area contributed by atoms with E-state index in [1.807, 2.05) is 23.1 Å². The first-order chi connectivity index (χ1) is 12.3. The van der Waals surface area contributed by atoms with Gasteiger partial charge in [0, 0.05) is 37.9 Å². The van der Waals surface area contributed by atoms with Gasteiger partial charge in [0.1, 0.15) is 0 Å². The highest BCUT2D eigenvalue weighted by molar-refractivity contribution is 7.88. The maximum absolute atomic E-state index is 13.0. The highest BCUT2D eigenvalue weighted by Crippen LogP contribution is 2.30. The Kier molecular flexibility index (Phi) is 5.69. The zero-order chi connectivity index (χ0) is 18.9. The Bertz CT molecular complexity index is 757. The van der Waals surface area contributed by atoms with Crippen LogP contribution in [0.1, 0.15) is 31.7 Å². The van der Waals surface area contributed by atoms with Crippen LogP contribution in [0.2, 0.25) is 0 Å². The fourth-order valence-corrected chi connectivity index (χ4v) is 4.80. The lowest BCUT2D eigenvalue weighted by atomic mass is 9.96. The molecule has 1 saturated heterocycles. The first-order valence-electron chi connectivity index (χ1n) is 9.32. The van der Waals surface area contributed by atoms with Gasteiger partial charge in [0.15, 0.2) is 0 Å². The summed E-state index contributed by atoms with van der Waals surface area (Å²) in [5, 5.41) is 0. The molecule has 1 aromatic carbocycles. The fraction of sp³-hybridized carbons (Fsp3) is 0.632. The summed E-state index contributed by atoms with van der Waals surface area (Å²) < 4.78 is 24.9. The maximum atomic E-state index is 13.0. The molecule has 0 aromatic heterocycles. The number of amides is 1. The molecule has 1 amide bonds. The summed E-state index contributed by atoms with van der Waals surface area (Å²) in [4.78, 5) is 17.1. The van der Waals surface area contributed by atoms with Gasteiger partial charge in [0.05, 0.1) is 12.8 Å². The van der Waals surface area contributed by atoms with E-state index in [-0.39, 0.29) is 18.0 Å². The molecule has 0 radical (unpaired) electrons. The lowest BCUT2D eigenvalue weighted by Gasteiger charge is -2.39. The number of aryl methyl sites for hydroxylation is 1. The van der Waals surface area contributed by atoms with Crippen LogP contribution in [0, 0.1) is 0 Å². The molecule has 2 heterocycles. The molecule has 0 spiro atoms. The van der Waals surface area contributed by atoms with E-state index in [2.05, 4.69) is 17.9 Å². The Hall–Kier alpha value is -1.44. The average Bonchev–Trinajstić information content (AvgIpc) is 2.60. The number of para-hydroxylation sites is 1. The van der Waals surface area contributed by atoms with Crippen LogP contribution in [0.3, 0.4) is 0 Å². The third-order valence-electron chi connectivity index (χ3n) is 5.75. The van der Waals surface area contributed by atoms with Gasteiger partial charge >= 0.3 is 0 Å². The number of hydrogen-bond acceptors (Lipinski definition) is 4. The van der Waals surface area contributed by atoms with Gasteiger partial charge in [-0.25, -0.2) is 12.7 Å². The van der Waals surface area contributed by atoms with Crippen LogP contribution >= 0.6 is 0 Å². The van der Waals surface area contributed by atoms with Crippen molar-refractivity contribution in [1.29, 1.82) is 0 Å². The molecular formula is C19H29N3O3S. The highest BCUT2D eigenvalue weighted by Gasteiger charge is 2.31. The summed E-state index contributed by atoms with van der Waals surface area (Å²) in [6.07, 6.45) is 4.79. The Morgan fingerprint density at radius 3 is 2.50 bits per heavy atom. The Morgan fingerprint density at radius 1 is 1.19 bits per heavy atom. The third kappa shape index (κ3) is 4.10. The van der Waals surface area contributed by atoms with Gasteiger partial charge in [0.25, 0.3) is 0 Å². The predicted octanol–water partition coefficient (Wildman–Crippen LogP) is 1.71. The van der Waals surface area contributed by atoms with E-state index in [0.717, 1.165) is 44.5 Å². The summed E-state index contributed by atoms with van der Waals surface area (Å²) in [5.41, 5.74) is 2.29. The zero-order valence-electron chi connectivity index (χ0n) is 15.9.